The Kier molecular flexibility index (Phi) is 5.90. The van der Waals surface area contributed by atoms with E-state index in [2.05, 4.69) is 16.4 Å². The summed E-state index contributed by atoms with van der Waals surface area (Å²) in [6.07, 6.45) is 2.77. The van der Waals surface area contributed by atoms with E-state index in [1.807, 2.05) is 12.1 Å². The normalized spacial score (nSPS) is 21.9. The van der Waals surface area contributed by atoms with E-state index < -0.39 is 11.5 Å². The molecule has 5 rings (SSSR count). The van der Waals surface area contributed by atoms with Gasteiger partial charge >= 0.3 is 5.69 Å². The van der Waals surface area contributed by atoms with Crippen molar-refractivity contribution in [1.29, 1.82) is 0 Å². The summed E-state index contributed by atoms with van der Waals surface area (Å²) in [6, 6.07) is 10.2. The fraction of sp³-hybridized carbons (Fsp3) is 0.391. The van der Waals surface area contributed by atoms with Gasteiger partial charge in [0.25, 0.3) is 5.56 Å². The highest BCUT2D eigenvalue weighted by molar-refractivity contribution is 5.85. The molecule has 0 amide bonds. The minimum Gasteiger partial charge on any atom is -0.496 e. The van der Waals surface area contributed by atoms with Crippen molar-refractivity contribution in [3.05, 3.63) is 74.2 Å². The lowest BCUT2D eigenvalue weighted by atomic mass is 9.73. The summed E-state index contributed by atoms with van der Waals surface area (Å²) >= 11 is 0. The highest BCUT2D eigenvalue weighted by Crippen LogP contribution is 2.45. The van der Waals surface area contributed by atoms with Crippen LogP contribution in [0.5, 0.6) is 5.75 Å². The molecule has 31 heavy (non-hydrogen) atoms. The number of benzene rings is 2. The van der Waals surface area contributed by atoms with Crippen LogP contribution in [0.1, 0.15) is 29.9 Å². The van der Waals surface area contributed by atoms with Gasteiger partial charge in [0.05, 0.1) is 18.0 Å². The second-order valence-electron chi connectivity index (χ2n) is 8.23. The highest BCUT2D eigenvalue weighted by atomic mass is 35.5. The zero-order chi connectivity index (χ0) is 20.8. The minimum atomic E-state index is -0.502. The Morgan fingerprint density at radius 2 is 2.06 bits per heavy atom. The molecule has 0 bridgehead atoms. The van der Waals surface area contributed by atoms with Gasteiger partial charge in [-0.25, -0.2) is 9.18 Å². The summed E-state index contributed by atoms with van der Waals surface area (Å²) in [4.78, 5) is 27.9. The summed E-state index contributed by atoms with van der Waals surface area (Å²) in [5, 5.41) is 3.93. The summed E-state index contributed by atoms with van der Waals surface area (Å²) in [7, 11) is 1.70. The van der Waals surface area contributed by atoms with Gasteiger partial charge in [-0.2, -0.15) is 0 Å². The number of halogens is 2. The quantitative estimate of drug-likeness (QED) is 0.647. The van der Waals surface area contributed by atoms with Gasteiger partial charge < -0.3 is 15.0 Å². The second-order valence-corrected chi connectivity index (χ2v) is 8.23. The number of hydrogen-bond donors (Lipinski definition) is 2. The zero-order valence-corrected chi connectivity index (χ0v) is 18.0. The van der Waals surface area contributed by atoms with Gasteiger partial charge in [-0.3, -0.25) is 9.36 Å². The molecule has 6 nitrogen and oxygen atoms in total. The van der Waals surface area contributed by atoms with Crippen molar-refractivity contribution < 1.29 is 9.13 Å². The van der Waals surface area contributed by atoms with Gasteiger partial charge in [-0.05, 0) is 67.1 Å². The van der Waals surface area contributed by atoms with Crippen molar-refractivity contribution >= 4 is 23.3 Å². The maximum Gasteiger partial charge on any atom is 0.328 e. The fourth-order valence-corrected chi connectivity index (χ4v) is 5.30. The maximum atomic E-state index is 13.4. The van der Waals surface area contributed by atoms with Crippen LogP contribution in [-0.2, 0) is 13.0 Å². The summed E-state index contributed by atoms with van der Waals surface area (Å²) in [5.41, 5.74) is 1.94. The first-order valence-corrected chi connectivity index (χ1v) is 10.4. The molecule has 2 N–H and O–H groups in total. The largest absolute Gasteiger partial charge is 0.496 e. The SMILES string of the molecule is COc1cccc2c1CC[C@H]1CNC(CCn3c(=O)[nH]c4cc(F)ccc4c3=O)[C@@H]21.Cl. The number of nitrogens with zero attached hydrogens (tertiary/aromatic N) is 1. The van der Waals surface area contributed by atoms with Crippen molar-refractivity contribution in [2.24, 2.45) is 5.92 Å². The number of hydrogen-bond acceptors (Lipinski definition) is 4. The van der Waals surface area contributed by atoms with Crippen molar-refractivity contribution in [2.45, 2.75) is 37.8 Å². The molecule has 8 heteroatoms. The second kappa shape index (κ2) is 8.48. The summed E-state index contributed by atoms with van der Waals surface area (Å²) in [5.74, 6) is 1.34. The number of nitrogens with one attached hydrogen (secondary N) is 2. The summed E-state index contributed by atoms with van der Waals surface area (Å²) in [6.45, 7) is 1.25. The van der Waals surface area contributed by atoms with Gasteiger partial charge in [0.2, 0.25) is 0 Å². The van der Waals surface area contributed by atoms with Crippen LogP contribution in [0.3, 0.4) is 0 Å². The first-order valence-electron chi connectivity index (χ1n) is 10.4. The molecule has 164 valence electrons. The number of rotatable bonds is 4. The number of methoxy groups -OCH3 is 1. The third-order valence-electron chi connectivity index (χ3n) is 6.70. The molecule has 1 aromatic heterocycles. The van der Waals surface area contributed by atoms with E-state index >= 15 is 0 Å². The summed E-state index contributed by atoms with van der Waals surface area (Å²) < 4.78 is 20.2. The van der Waals surface area contributed by atoms with E-state index in [1.165, 1.54) is 33.9 Å². The standard InChI is InChI=1S/C23H24FN3O3.ClH/c1-30-20-4-2-3-16-15(20)7-5-13-12-25-18(21(13)16)9-10-27-22(28)17-8-6-14(24)11-19(17)26-23(27)29;/h2-4,6,8,11,13,18,21,25H,5,7,9-10,12H2,1H3,(H,26,29);1H/t13-,18?,21+;/m0./s1. The Morgan fingerprint density at radius 3 is 2.87 bits per heavy atom. The third-order valence-corrected chi connectivity index (χ3v) is 6.70. The van der Waals surface area contributed by atoms with E-state index in [9.17, 15) is 14.0 Å². The molecule has 1 unspecified atom stereocenters. The monoisotopic (exact) mass is 445 g/mol. The molecule has 1 fully saturated rings. The molecule has 0 spiro atoms. The van der Waals surface area contributed by atoms with Crippen LogP contribution in [-0.4, -0.2) is 29.2 Å². The van der Waals surface area contributed by atoms with Crippen molar-refractivity contribution in [1.82, 2.24) is 14.9 Å². The van der Waals surface area contributed by atoms with Crippen molar-refractivity contribution in [3.63, 3.8) is 0 Å². The predicted octanol–water partition coefficient (Wildman–Crippen LogP) is 2.97. The van der Waals surface area contributed by atoms with Crippen LogP contribution in [0.15, 0.2) is 46.0 Å². The average molecular weight is 446 g/mol. The van der Waals surface area contributed by atoms with Crippen LogP contribution in [0.25, 0.3) is 10.9 Å². The Bertz CT molecular complexity index is 1240. The van der Waals surface area contributed by atoms with Gasteiger partial charge in [0.15, 0.2) is 0 Å². The van der Waals surface area contributed by atoms with E-state index in [0.717, 1.165) is 25.1 Å². The van der Waals surface area contributed by atoms with E-state index in [1.54, 1.807) is 7.11 Å². The smallest absolute Gasteiger partial charge is 0.328 e. The Labute approximate surface area is 184 Å². The van der Waals surface area contributed by atoms with E-state index in [4.69, 9.17) is 4.74 Å². The number of H-pyrrole nitrogens is 1. The Hall–Kier alpha value is -2.64. The lowest BCUT2D eigenvalue weighted by molar-refractivity contribution is 0.371. The maximum absolute atomic E-state index is 13.4. The first-order chi connectivity index (χ1) is 14.6. The van der Waals surface area contributed by atoms with Gasteiger partial charge in [-0.15, -0.1) is 12.4 Å². The molecule has 2 aromatic carbocycles. The Morgan fingerprint density at radius 1 is 1.23 bits per heavy atom. The van der Waals surface area contributed by atoms with Crippen LogP contribution in [0.2, 0.25) is 0 Å². The minimum absolute atomic E-state index is 0. The molecule has 3 aromatic rings. The third kappa shape index (κ3) is 3.66. The number of ether oxygens (including phenoxy) is 1. The van der Waals surface area contributed by atoms with Gasteiger partial charge in [0, 0.05) is 18.5 Å². The lowest BCUT2D eigenvalue weighted by Gasteiger charge is -2.32. The first kappa shape index (κ1) is 21.6. The molecule has 1 saturated heterocycles. The molecular weight excluding hydrogens is 421 g/mol. The topological polar surface area (TPSA) is 76.1 Å². The Balaban J connectivity index is 0.00000231. The zero-order valence-electron chi connectivity index (χ0n) is 17.2. The number of aromatic nitrogens is 2. The lowest BCUT2D eigenvalue weighted by Crippen LogP contribution is -2.38. The van der Waals surface area contributed by atoms with Crippen LogP contribution >= 0.6 is 12.4 Å². The van der Waals surface area contributed by atoms with E-state index in [-0.39, 0.29) is 29.5 Å². The van der Waals surface area contributed by atoms with Crippen LogP contribution in [0.4, 0.5) is 4.39 Å². The van der Waals surface area contributed by atoms with Crippen molar-refractivity contribution in [3.8, 4) is 5.75 Å². The van der Waals surface area contributed by atoms with Crippen molar-refractivity contribution in [2.75, 3.05) is 13.7 Å². The molecule has 1 aliphatic heterocycles. The molecule has 2 aliphatic rings. The van der Waals surface area contributed by atoms with E-state index in [0.29, 0.717) is 30.2 Å². The molecule has 0 saturated carbocycles. The molecular formula is C23H25ClFN3O3. The van der Waals surface area contributed by atoms with Crippen LogP contribution < -0.4 is 21.3 Å². The van der Waals surface area contributed by atoms with Gasteiger partial charge in [-0.1, -0.05) is 12.1 Å². The number of aromatic amines is 1. The number of fused-ring (bicyclic) bond motifs is 4. The molecule has 2 heterocycles. The predicted molar refractivity (Wildman–Crippen MR) is 120 cm³/mol. The molecule has 1 aliphatic carbocycles. The van der Waals surface area contributed by atoms with Crippen LogP contribution in [0, 0.1) is 11.7 Å². The average Bonchev–Trinajstić information content (AvgIpc) is 3.16. The fourth-order valence-electron chi connectivity index (χ4n) is 5.30. The molecule has 3 atom stereocenters. The molecule has 0 radical (unpaired) electrons. The van der Waals surface area contributed by atoms with Gasteiger partial charge in [0.1, 0.15) is 11.6 Å². The highest BCUT2D eigenvalue weighted by Gasteiger charge is 2.40.